The average Bonchev–Trinajstić information content (AvgIpc) is 2.74. The number of aliphatic hydroxyl groups is 1. The molecule has 0 aliphatic heterocycles. The molecule has 9 heteroatoms. The van der Waals surface area contributed by atoms with Crippen LogP contribution in [0.25, 0.3) is 0 Å². The fourth-order valence-electron chi connectivity index (χ4n) is 2.55. The van der Waals surface area contributed by atoms with Gasteiger partial charge in [-0.15, -0.1) is 0 Å². The smallest absolute Gasteiger partial charge is 0.315 e. The lowest BCUT2D eigenvalue weighted by Gasteiger charge is -2.17. The zero-order valence-corrected chi connectivity index (χ0v) is 16.2. The predicted molar refractivity (Wildman–Crippen MR) is 103 cm³/mol. The molecule has 2 amide bonds. The van der Waals surface area contributed by atoms with Gasteiger partial charge in [-0.3, -0.25) is 0 Å². The molecule has 29 heavy (non-hydrogen) atoms. The SMILES string of the molecule is COc1ccc(OC)c(C(O)CNC(=O)NCc2cccc(OCC(F)F)c2)c1. The van der Waals surface area contributed by atoms with Crippen LogP contribution in [-0.2, 0) is 6.54 Å². The van der Waals surface area contributed by atoms with Crippen molar-refractivity contribution >= 4 is 6.03 Å². The maximum atomic E-state index is 12.2. The Morgan fingerprint density at radius 3 is 2.55 bits per heavy atom. The minimum absolute atomic E-state index is 0.0487. The van der Waals surface area contributed by atoms with Gasteiger partial charge in [-0.2, -0.15) is 0 Å². The molecule has 0 aliphatic carbocycles. The zero-order chi connectivity index (χ0) is 21.2. The maximum absolute atomic E-state index is 12.2. The Morgan fingerprint density at radius 2 is 1.86 bits per heavy atom. The van der Waals surface area contributed by atoms with Crippen LogP contribution in [0.1, 0.15) is 17.2 Å². The molecule has 2 aromatic rings. The minimum atomic E-state index is -2.56. The van der Waals surface area contributed by atoms with Gasteiger partial charge in [0.25, 0.3) is 6.43 Å². The predicted octanol–water partition coefficient (Wildman–Crippen LogP) is 2.88. The number of carbonyl (C=O) groups is 1. The standard InChI is InChI=1S/C20H24F2N2O5/c1-27-14-6-7-18(28-2)16(9-14)17(25)11-24-20(26)23-10-13-4-3-5-15(8-13)29-12-19(21)22/h3-9,17,19,25H,10-12H2,1-2H3,(H2,23,24,26). The summed E-state index contributed by atoms with van der Waals surface area (Å²) < 4.78 is 39.7. The quantitative estimate of drug-likeness (QED) is 0.561. The van der Waals surface area contributed by atoms with Gasteiger partial charge in [-0.05, 0) is 35.9 Å². The summed E-state index contributed by atoms with van der Waals surface area (Å²) in [5.74, 6) is 1.32. The van der Waals surface area contributed by atoms with E-state index in [2.05, 4.69) is 10.6 Å². The van der Waals surface area contributed by atoms with E-state index in [1.165, 1.54) is 14.2 Å². The van der Waals surface area contributed by atoms with Gasteiger partial charge in [-0.25, -0.2) is 13.6 Å². The van der Waals surface area contributed by atoms with E-state index in [-0.39, 0.29) is 13.1 Å². The zero-order valence-electron chi connectivity index (χ0n) is 16.2. The van der Waals surface area contributed by atoms with Crippen LogP contribution in [0.2, 0.25) is 0 Å². The van der Waals surface area contributed by atoms with Crippen LogP contribution in [0.15, 0.2) is 42.5 Å². The minimum Gasteiger partial charge on any atom is -0.497 e. The topological polar surface area (TPSA) is 89.0 Å². The summed E-state index contributed by atoms with van der Waals surface area (Å²) in [7, 11) is 2.99. The van der Waals surface area contributed by atoms with Crippen LogP contribution in [0.3, 0.4) is 0 Å². The van der Waals surface area contributed by atoms with E-state index in [1.807, 2.05) is 0 Å². The van der Waals surface area contributed by atoms with Crippen molar-refractivity contribution in [1.82, 2.24) is 10.6 Å². The van der Waals surface area contributed by atoms with E-state index in [0.717, 1.165) is 0 Å². The molecule has 7 nitrogen and oxygen atoms in total. The lowest BCUT2D eigenvalue weighted by atomic mass is 10.1. The second-order valence-corrected chi connectivity index (χ2v) is 6.04. The molecule has 0 fully saturated rings. The molecule has 0 saturated carbocycles. The molecule has 0 heterocycles. The first kappa shape index (κ1) is 22.2. The van der Waals surface area contributed by atoms with Gasteiger partial charge in [0.05, 0.1) is 14.2 Å². The molecular formula is C20H24F2N2O5. The van der Waals surface area contributed by atoms with Crippen molar-refractivity contribution in [2.24, 2.45) is 0 Å². The highest BCUT2D eigenvalue weighted by Gasteiger charge is 2.15. The summed E-state index contributed by atoms with van der Waals surface area (Å²) in [6.07, 6.45) is -3.56. The second-order valence-electron chi connectivity index (χ2n) is 6.04. The van der Waals surface area contributed by atoms with Gasteiger partial charge in [0, 0.05) is 18.7 Å². The third-order valence-corrected chi connectivity index (χ3v) is 3.98. The van der Waals surface area contributed by atoms with Crippen molar-refractivity contribution < 1.29 is 32.9 Å². The van der Waals surface area contributed by atoms with Gasteiger partial charge >= 0.3 is 6.03 Å². The molecule has 0 aliphatic rings. The van der Waals surface area contributed by atoms with Crippen molar-refractivity contribution in [2.75, 3.05) is 27.4 Å². The van der Waals surface area contributed by atoms with Gasteiger partial charge in [0.1, 0.15) is 30.0 Å². The number of halogens is 2. The van der Waals surface area contributed by atoms with E-state index in [9.17, 15) is 18.7 Å². The molecule has 0 radical (unpaired) electrons. The Morgan fingerprint density at radius 1 is 1.07 bits per heavy atom. The highest BCUT2D eigenvalue weighted by atomic mass is 19.3. The third kappa shape index (κ3) is 7.11. The highest BCUT2D eigenvalue weighted by molar-refractivity contribution is 5.73. The molecule has 1 atom stereocenters. The van der Waals surface area contributed by atoms with E-state index in [4.69, 9.17) is 14.2 Å². The number of ether oxygens (including phenoxy) is 3. The monoisotopic (exact) mass is 410 g/mol. The van der Waals surface area contributed by atoms with Crippen molar-refractivity contribution in [3.63, 3.8) is 0 Å². The number of nitrogens with one attached hydrogen (secondary N) is 2. The molecule has 0 spiro atoms. The first-order valence-electron chi connectivity index (χ1n) is 8.84. The molecule has 0 saturated heterocycles. The Bertz CT molecular complexity index is 804. The number of alkyl halides is 2. The number of aliphatic hydroxyl groups excluding tert-OH is 1. The summed E-state index contributed by atoms with van der Waals surface area (Å²) >= 11 is 0. The summed E-state index contributed by atoms with van der Waals surface area (Å²) in [5, 5.41) is 15.6. The lowest BCUT2D eigenvalue weighted by molar-refractivity contribution is 0.0818. The van der Waals surface area contributed by atoms with Crippen LogP contribution in [0.4, 0.5) is 13.6 Å². The number of urea groups is 1. The fraction of sp³-hybridized carbons (Fsp3) is 0.350. The molecule has 0 aromatic heterocycles. The summed E-state index contributed by atoms with van der Waals surface area (Å²) in [6.45, 7) is -0.577. The normalized spacial score (nSPS) is 11.7. The van der Waals surface area contributed by atoms with Crippen LogP contribution < -0.4 is 24.8 Å². The Hall–Kier alpha value is -3.07. The van der Waals surface area contributed by atoms with E-state index >= 15 is 0 Å². The van der Waals surface area contributed by atoms with E-state index < -0.39 is 25.2 Å². The van der Waals surface area contributed by atoms with Gasteiger partial charge in [-0.1, -0.05) is 12.1 Å². The number of carbonyl (C=O) groups excluding carboxylic acids is 1. The van der Waals surface area contributed by atoms with Crippen molar-refractivity contribution in [3.05, 3.63) is 53.6 Å². The fourth-order valence-corrected chi connectivity index (χ4v) is 2.55. The third-order valence-electron chi connectivity index (χ3n) is 3.98. The van der Waals surface area contributed by atoms with Crippen LogP contribution >= 0.6 is 0 Å². The molecule has 1 unspecified atom stereocenters. The molecule has 0 bridgehead atoms. The van der Waals surface area contributed by atoms with Gasteiger partial charge < -0.3 is 30.0 Å². The number of amides is 2. The number of benzene rings is 2. The van der Waals surface area contributed by atoms with E-state index in [0.29, 0.717) is 28.4 Å². The second kappa shape index (κ2) is 11.1. The van der Waals surface area contributed by atoms with Gasteiger partial charge in [0.2, 0.25) is 0 Å². The Balaban J connectivity index is 1.85. The van der Waals surface area contributed by atoms with Crippen molar-refractivity contribution in [1.29, 1.82) is 0 Å². The first-order chi connectivity index (χ1) is 13.9. The van der Waals surface area contributed by atoms with Crippen molar-refractivity contribution in [2.45, 2.75) is 19.1 Å². The molecule has 158 valence electrons. The van der Waals surface area contributed by atoms with E-state index in [1.54, 1.807) is 42.5 Å². The molecule has 2 rings (SSSR count). The van der Waals surface area contributed by atoms with Crippen LogP contribution in [0.5, 0.6) is 17.2 Å². The molecular weight excluding hydrogens is 386 g/mol. The molecule has 2 aromatic carbocycles. The number of hydrogen-bond acceptors (Lipinski definition) is 5. The Labute approximate surface area is 167 Å². The molecule has 3 N–H and O–H groups in total. The number of rotatable bonds is 10. The lowest BCUT2D eigenvalue weighted by Crippen LogP contribution is -2.37. The number of methoxy groups -OCH3 is 2. The highest BCUT2D eigenvalue weighted by Crippen LogP contribution is 2.29. The summed E-state index contributed by atoms with van der Waals surface area (Å²) in [5.41, 5.74) is 1.16. The first-order valence-corrected chi connectivity index (χ1v) is 8.84. The average molecular weight is 410 g/mol. The maximum Gasteiger partial charge on any atom is 0.315 e. The van der Waals surface area contributed by atoms with Gasteiger partial charge in [0.15, 0.2) is 0 Å². The van der Waals surface area contributed by atoms with Crippen LogP contribution in [0, 0.1) is 0 Å². The number of hydrogen-bond donors (Lipinski definition) is 3. The Kier molecular flexibility index (Phi) is 8.47. The summed E-state index contributed by atoms with van der Waals surface area (Å²) in [4.78, 5) is 12.0. The summed E-state index contributed by atoms with van der Waals surface area (Å²) in [6, 6.07) is 11.0. The largest absolute Gasteiger partial charge is 0.497 e. The van der Waals surface area contributed by atoms with Crippen LogP contribution in [-0.4, -0.2) is 44.9 Å². The van der Waals surface area contributed by atoms with Crippen molar-refractivity contribution in [3.8, 4) is 17.2 Å².